The van der Waals surface area contributed by atoms with Crippen LogP contribution in [0.25, 0.3) is 0 Å². The van der Waals surface area contributed by atoms with Crippen LogP contribution in [0.4, 0.5) is 10.1 Å². The molecular formula is C20H16FNS. The first kappa shape index (κ1) is 15.5. The fourth-order valence-corrected chi connectivity index (χ4v) is 2.96. The van der Waals surface area contributed by atoms with E-state index in [9.17, 15) is 4.39 Å². The summed E-state index contributed by atoms with van der Waals surface area (Å²) in [6.07, 6.45) is 1.56. The second-order valence-electron chi connectivity index (χ2n) is 5.05. The van der Waals surface area contributed by atoms with Crippen molar-refractivity contribution in [1.82, 2.24) is 0 Å². The Morgan fingerprint density at radius 1 is 0.826 bits per heavy atom. The minimum Gasteiger partial charge on any atom is -0.256 e. The van der Waals surface area contributed by atoms with Gasteiger partial charge >= 0.3 is 0 Å². The largest absolute Gasteiger partial charge is 0.256 e. The second-order valence-corrected chi connectivity index (χ2v) is 6.10. The minimum absolute atomic E-state index is 0.257. The standard InChI is InChI=1S/C20H16FNS/c21-20-9-5-4-6-17(20)14-22-18-12-10-16(11-13-18)15-23-19-7-2-1-3-8-19/h1-14H,15H2. The molecule has 0 radical (unpaired) electrons. The van der Waals surface area contributed by atoms with Crippen LogP contribution in [0.15, 0.2) is 88.8 Å². The molecule has 3 aromatic carbocycles. The zero-order chi connectivity index (χ0) is 15.9. The van der Waals surface area contributed by atoms with E-state index in [0.29, 0.717) is 5.56 Å². The molecule has 0 aromatic heterocycles. The highest BCUT2D eigenvalue weighted by atomic mass is 32.2. The van der Waals surface area contributed by atoms with Gasteiger partial charge in [0.1, 0.15) is 5.82 Å². The van der Waals surface area contributed by atoms with Crippen LogP contribution in [0.1, 0.15) is 11.1 Å². The third-order valence-corrected chi connectivity index (χ3v) is 4.43. The quantitative estimate of drug-likeness (QED) is 0.423. The van der Waals surface area contributed by atoms with E-state index < -0.39 is 0 Å². The van der Waals surface area contributed by atoms with Crippen molar-refractivity contribution in [2.75, 3.05) is 0 Å². The molecule has 0 heterocycles. The van der Waals surface area contributed by atoms with Gasteiger partial charge in [0.05, 0.1) is 5.69 Å². The van der Waals surface area contributed by atoms with Gasteiger partial charge in [-0.1, -0.05) is 48.5 Å². The van der Waals surface area contributed by atoms with E-state index in [2.05, 4.69) is 29.3 Å². The highest BCUT2D eigenvalue weighted by molar-refractivity contribution is 7.98. The van der Waals surface area contributed by atoms with Gasteiger partial charge in [-0.25, -0.2) is 4.39 Å². The maximum Gasteiger partial charge on any atom is 0.131 e. The molecule has 0 amide bonds. The zero-order valence-corrected chi connectivity index (χ0v) is 13.3. The average Bonchev–Trinajstić information content (AvgIpc) is 2.61. The van der Waals surface area contributed by atoms with E-state index in [1.54, 1.807) is 36.2 Å². The molecule has 3 heteroatoms. The van der Waals surface area contributed by atoms with Crippen LogP contribution in [-0.2, 0) is 5.75 Å². The van der Waals surface area contributed by atoms with Gasteiger partial charge in [0.2, 0.25) is 0 Å². The summed E-state index contributed by atoms with van der Waals surface area (Å²) in [4.78, 5) is 5.58. The Kier molecular flexibility index (Phi) is 5.22. The average molecular weight is 321 g/mol. The predicted octanol–water partition coefficient (Wildman–Crippen LogP) is 5.87. The number of aliphatic imine (C=N–C) groups is 1. The van der Waals surface area contributed by atoms with Crippen LogP contribution in [0.2, 0.25) is 0 Å². The van der Waals surface area contributed by atoms with E-state index in [0.717, 1.165) is 11.4 Å². The molecule has 0 unspecified atom stereocenters. The normalized spacial score (nSPS) is 11.0. The summed E-state index contributed by atoms with van der Waals surface area (Å²) in [6, 6.07) is 25.0. The fraction of sp³-hybridized carbons (Fsp3) is 0.0500. The van der Waals surface area contributed by atoms with Crippen molar-refractivity contribution in [3.63, 3.8) is 0 Å². The third-order valence-electron chi connectivity index (χ3n) is 3.34. The lowest BCUT2D eigenvalue weighted by atomic mass is 10.2. The number of hydrogen-bond donors (Lipinski definition) is 0. The van der Waals surface area contributed by atoms with Gasteiger partial charge in [0.25, 0.3) is 0 Å². The van der Waals surface area contributed by atoms with Crippen LogP contribution in [0, 0.1) is 5.82 Å². The van der Waals surface area contributed by atoms with Gasteiger partial charge in [-0.15, -0.1) is 11.8 Å². The summed E-state index contributed by atoms with van der Waals surface area (Å²) in [5.74, 6) is 0.661. The molecule has 0 aliphatic rings. The third kappa shape index (κ3) is 4.54. The Balaban J connectivity index is 1.62. The minimum atomic E-state index is -0.257. The summed E-state index contributed by atoms with van der Waals surface area (Å²) in [5.41, 5.74) is 2.56. The van der Waals surface area contributed by atoms with Crippen molar-refractivity contribution >= 4 is 23.7 Å². The van der Waals surface area contributed by atoms with E-state index in [1.165, 1.54) is 16.5 Å². The first-order valence-electron chi connectivity index (χ1n) is 7.37. The summed E-state index contributed by atoms with van der Waals surface area (Å²) < 4.78 is 13.5. The second kappa shape index (κ2) is 7.75. The SMILES string of the molecule is Fc1ccccc1C=Nc1ccc(CSc2ccccc2)cc1. The molecule has 0 aliphatic heterocycles. The van der Waals surface area contributed by atoms with Crippen molar-refractivity contribution in [2.45, 2.75) is 10.6 Å². The molecular weight excluding hydrogens is 305 g/mol. The van der Waals surface area contributed by atoms with E-state index in [4.69, 9.17) is 0 Å². The molecule has 0 saturated heterocycles. The Bertz CT molecular complexity index is 782. The van der Waals surface area contributed by atoms with Gasteiger partial charge in [-0.2, -0.15) is 0 Å². The molecule has 0 bridgehead atoms. The topological polar surface area (TPSA) is 12.4 Å². The molecule has 0 fully saturated rings. The molecule has 114 valence electrons. The summed E-state index contributed by atoms with van der Waals surface area (Å²) in [5, 5.41) is 0. The highest BCUT2D eigenvalue weighted by Crippen LogP contribution is 2.23. The molecule has 0 atom stereocenters. The van der Waals surface area contributed by atoms with Gasteiger partial charge < -0.3 is 0 Å². The monoisotopic (exact) mass is 321 g/mol. The Morgan fingerprint density at radius 2 is 1.52 bits per heavy atom. The lowest BCUT2D eigenvalue weighted by Gasteiger charge is -2.02. The van der Waals surface area contributed by atoms with Crippen LogP contribution in [0.5, 0.6) is 0 Å². The van der Waals surface area contributed by atoms with E-state index >= 15 is 0 Å². The molecule has 0 aliphatic carbocycles. The van der Waals surface area contributed by atoms with Crippen molar-refractivity contribution in [3.05, 3.63) is 95.8 Å². The number of nitrogens with zero attached hydrogens (tertiary/aromatic N) is 1. The van der Waals surface area contributed by atoms with Crippen LogP contribution < -0.4 is 0 Å². The predicted molar refractivity (Wildman–Crippen MR) is 96.1 cm³/mol. The van der Waals surface area contributed by atoms with Crippen LogP contribution in [-0.4, -0.2) is 6.21 Å². The molecule has 3 aromatic rings. The van der Waals surface area contributed by atoms with Crippen molar-refractivity contribution in [3.8, 4) is 0 Å². The Morgan fingerprint density at radius 3 is 2.26 bits per heavy atom. The zero-order valence-electron chi connectivity index (χ0n) is 12.5. The highest BCUT2D eigenvalue weighted by Gasteiger charge is 1.98. The summed E-state index contributed by atoms with van der Waals surface area (Å²) in [7, 11) is 0. The molecule has 0 spiro atoms. The van der Waals surface area contributed by atoms with Crippen molar-refractivity contribution < 1.29 is 4.39 Å². The number of hydrogen-bond acceptors (Lipinski definition) is 2. The lowest BCUT2D eigenvalue weighted by molar-refractivity contribution is 0.626. The molecule has 3 rings (SSSR count). The van der Waals surface area contributed by atoms with E-state index in [1.807, 2.05) is 30.3 Å². The first-order valence-corrected chi connectivity index (χ1v) is 8.35. The smallest absolute Gasteiger partial charge is 0.131 e. The van der Waals surface area contributed by atoms with Gasteiger partial charge in [0.15, 0.2) is 0 Å². The van der Waals surface area contributed by atoms with Gasteiger partial charge in [-0.3, -0.25) is 4.99 Å². The van der Waals surface area contributed by atoms with Crippen LogP contribution in [0.3, 0.4) is 0 Å². The Labute approximate surface area is 139 Å². The number of thioether (sulfide) groups is 1. The summed E-state index contributed by atoms with van der Waals surface area (Å²) >= 11 is 1.80. The van der Waals surface area contributed by atoms with Gasteiger partial charge in [0, 0.05) is 22.4 Å². The van der Waals surface area contributed by atoms with Crippen molar-refractivity contribution in [1.29, 1.82) is 0 Å². The van der Waals surface area contributed by atoms with E-state index in [-0.39, 0.29) is 5.82 Å². The first-order chi connectivity index (χ1) is 11.3. The molecule has 1 nitrogen and oxygen atoms in total. The molecule has 0 N–H and O–H groups in total. The lowest BCUT2D eigenvalue weighted by Crippen LogP contribution is -1.86. The Hall–Kier alpha value is -2.39. The number of rotatable bonds is 5. The van der Waals surface area contributed by atoms with Crippen LogP contribution >= 0.6 is 11.8 Å². The molecule has 23 heavy (non-hydrogen) atoms. The van der Waals surface area contributed by atoms with Crippen molar-refractivity contribution in [2.24, 2.45) is 4.99 Å². The maximum absolute atomic E-state index is 13.5. The van der Waals surface area contributed by atoms with Gasteiger partial charge in [-0.05, 0) is 35.9 Å². The number of benzene rings is 3. The number of halogens is 1. The maximum atomic E-state index is 13.5. The fourth-order valence-electron chi connectivity index (χ4n) is 2.09. The summed E-state index contributed by atoms with van der Waals surface area (Å²) in [6.45, 7) is 0. The molecule has 0 saturated carbocycles.